The second-order valence-corrected chi connectivity index (χ2v) is 6.00. The van der Waals surface area contributed by atoms with E-state index in [0.29, 0.717) is 13.0 Å². The number of nitriles is 1. The molecule has 1 heterocycles. The summed E-state index contributed by atoms with van der Waals surface area (Å²) >= 11 is 0. The van der Waals surface area contributed by atoms with E-state index in [1.54, 1.807) is 18.1 Å². The van der Waals surface area contributed by atoms with E-state index in [-0.39, 0.29) is 0 Å². The van der Waals surface area contributed by atoms with Crippen LogP contribution in [0, 0.1) is 11.3 Å². The molecule has 25 heavy (non-hydrogen) atoms. The maximum absolute atomic E-state index is 10.1. The fraction of sp³-hybridized carbons (Fsp3) is 0.250. The lowest BCUT2D eigenvalue weighted by molar-refractivity contribution is 0.399. The zero-order chi connectivity index (χ0) is 17.5. The molecule has 5 heteroatoms. The zero-order valence-electron chi connectivity index (χ0n) is 14.2. The Balaban J connectivity index is 1.89. The van der Waals surface area contributed by atoms with E-state index in [1.165, 1.54) is 6.33 Å². The van der Waals surface area contributed by atoms with Gasteiger partial charge in [0.15, 0.2) is 0 Å². The van der Waals surface area contributed by atoms with Gasteiger partial charge in [-0.15, -0.1) is 0 Å². The molecular weight excluding hydrogens is 312 g/mol. The third-order valence-electron chi connectivity index (χ3n) is 4.41. The molecule has 0 amide bonds. The highest BCUT2D eigenvalue weighted by Crippen LogP contribution is 2.31. The highest BCUT2D eigenvalue weighted by atomic mass is 16.5. The van der Waals surface area contributed by atoms with Crippen molar-refractivity contribution in [1.82, 2.24) is 14.8 Å². The van der Waals surface area contributed by atoms with Gasteiger partial charge in [-0.2, -0.15) is 10.4 Å². The van der Waals surface area contributed by atoms with Crippen molar-refractivity contribution >= 4 is 0 Å². The Morgan fingerprint density at radius 1 is 1.16 bits per heavy atom. The number of ether oxygens (including phenoxy) is 1. The normalized spacial score (nSPS) is 13.0. The number of hydrogen-bond donors (Lipinski definition) is 0. The largest absolute Gasteiger partial charge is 0.497 e. The van der Waals surface area contributed by atoms with Crippen LogP contribution in [0.15, 0.2) is 67.3 Å². The van der Waals surface area contributed by atoms with Gasteiger partial charge < -0.3 is 4.74 Å². The van der Waals surface area contributed by atoms with E-state index < -0.39 is 5.41 Å². The van der Waals surface area contributed by atoms with Crippen LogP contribution >= 0.6 is 0 Å². The molecule has 0 radical (unpaired) electrons. The van der Waals surface area contributed by atoms with Gasteiger partial charge in [0.1, 0.15) is 23.8 Å². The van der Waals surface area contributed by atoms with Crippen LogP contribution in [0.2, 0.25) is 0 Å². The lowest BCUT2D eigenvalue weighted by Crippen LogP contribution is -2.31. The van der Waals surface area contributed by atoms with Crippen molar-refractivity contribution in [2.75, 3.05) is 7.11 Å². The van der Waals surface area contributed by atoms with Gasteiger partial charge >= 0.3 is 0 Å². The topological polar surface area (TPSA) is 63.7 Å². The summed E-state index contributed by atoms with van der Waals surface area (Å²) in [6.45, 7) is 0.470. The predicted molar refractivity (Wildman–Crippen MR) is 95.1 cm³/mol. The maximum Gasteiger partial charge on any atom is 0.137 e. The molecule has 0 fully saturated rings. The van der Waals surface area contributed by atoms with Gasteiger partial charge in [-0.25, -0.2) is 4.98 Å². The summed E-state index contributed by atoms with van der Waals surface area (Å²) in [6.07, 6.45) is 4.60. The third kappa shape index (κ3) is 3.86. The molecule has 3 aromatic rings. The van der Waals surface area contributed by atoms with E-state index in [2.05, 4.69) is 22.2 Å². The molecule has 2 aromatic carbocycles. The first-order chi connectivity index (χ1) is 12.3. The molecule has 0 N–H and O–H groups in total. The second kappa shape index (κ2) is 7.63. The number of nitrogens with zero attached hydrogens (tertiary/aromatic N) is 4. The quantitative estimate of drug-likeness (QED) is 0.665. The van der Waals surface area contributed by atoms with Crippen LogP contribution < -0.4 is 4.74 Å². The van der Waals surface area contributed by atoms with Crippen molar-refractivity contribution in [2.24, 2.45) is 0 Å². The van der Waals surface area contributed by atoms with Crippen LogP contribution in [-0.2, 0) is 18.4 Å². The summed E-state index contributed by atoms with van der Waals surface area (Å²) in [7, 11) is 1.66. The van der Waals surface area contributed by atoms with Gasteiger partial charge in [-0.05, 0) is 36.1 Å². The summed E-state index contributed by atoms with van der Waals surface area (Å²) in [5, 5.41) is 14.3. The van der Waals surface area contributed by atoms with Crippen LogP contribution in [0.25, 0.3) is 0 Å². The molecular formula is C20H20N4O. The van der Waals surface area contributed by atoms with Crippen LogP contribution in [0.3, 0.4) is 0 Å². The molecule has 3 rings (SSSR count). The van der Waals surface area contributed by atoms with E-state index in [1.807, 2.05) is 48.5 Å². The molecule has 0 aliphatic rings. The predicted octanol–water partition coefficient (Wildman–Crippen LogP) is 3.38. The minimum atomic E-state index is -0.669. The first-order valence-electron chi connectivity index (χ1n) is 8.18. The molecule has 1 aromatic heterocycles. The summed E-state index contributed by atoms with van der Waals surface area (Å²) in [5.74, 6) is 0.830. The first kappa shape index (κ1) is 16.7. The van der Waals surface area contributed by atoms with Crippen LogP contribution in [0.1, 0.15) is 17.5 Å². The molecule has 1 unspecified atom stereocenters. The van der Waals surface area contributed by atoms with Crippen LogP contribution in [-0.4, -0.2) is 21.9 Å². The van der Waals surface area contributed by atoms with Crippen LogP contribution in [0.5, 0.6) is 5.75 Å². The van der Waals surface area contributed by atoms with Crippen LogP contribution in [0.4, 0.5) is 0 Å². The molecule has 0 spiro atoms. The lowest BCUT2D eigenvalue weighted by atomic mass is 9.77. The molecule has 0 aliphatic heterocycles. The Kier molecular flexibility index (Phi) is 5.10. The van der Waals surface area contributed by atoms with E-state index in [0.717, 1.165) is 23.3 Å². The average molecular weight is 332 g/mol. The lowest BCUT2D eigenvalue weighted by Gasteiger charge is -2.27. The smallest absolute Gasteiger partial charge is 0.137 e. The highest BCUT2D eigenvalue weighted by molar-refractivity contribution is 5.34. The number of benzene rings is 2. The summed E-state index contributed by atoms with van der Waals surface area (Å²) in [5.41, 5.74) is 1.47. The van der Waals surface area contributed by atoms with Crippen molar-refractivity contribution in [2.45, 2.75) is 24.8 Å². The minimum Gasteiger partial charge on any atom is -0.497 e. The highest BCUT2D eigenvalue weighted by Gasteiger charge is 2.33. The van der Waals surface area contributed by atoms with Gasteiger partial charge in [-0.1, -0.05) is 42.5 Å². The van der Waals surface area contributed by atoms with Crippen molar-refractivity contribution in [3.05, 3.63) is 78.4 Å². The van der Waals surface area contributed by atoms with Crippen molar-refractivity contribution in [1.29, 1.82) is 5.26 Å². The van der Waals surface area contributed by atoms with Gasteiger partial charge in [0, 0.05) is 0 Å². The molecule has 0 bridgehead atoms. The Bertz CT molecular complexity index is 840. The number of rotatable bonds is 7. The summed E-state index contributed by atoms with van der Waals surface area (Å²) < 4.78 is 7.02. The van der Waals surface area contributed by atoms with E-state index >= 15 is 0 Å². The molecule has 0 saturated carbocycles. The maximum atomic E-state index is 10.1. The molecule has 0 saturated heterocycles. The molecule has 5 nitrogen and oxygen atoms in total. The number of aromatic nitrogens is 3. The number of hydrogen-bond acceptors (Lipinski definition) is 4. The SMILES string of the molecule is COc1cccc(CCC(C#N)(Cn2cncn2)c2ccccc2)c1. The molecule has 126 valence electrons. The Morgan fingerprint density at radius 3 is 2.68 bits per heavy atom. The van der Waals surface area contributed by atoms with Crippen molar-refractivity contribution in [3.63, 3.8) is 0 Å². The second-order valence-electron chi connectivity index (χ2n) is 6.00. The zero-order valence-corrected chi connectivity index (χ0v) is 14.2. The fourth-order valence-corrected chi connectivity index (χ4v) is 3.00. The van der Waals surface area contributed by atoms with Crippen molar-refractivity contribution in [3.8, 4) is 11.8 Å². The van der Waals surface area contributed by atoms with E-state index in [4.69, 9.17) is 4.74 Å². The van der Waals surface area contributed by atoms with Crippen molar-refractivity contribution < 1.29 is 4.74 Å². The number of methoxy groups -OCH3 is 1. The Labute approximate surface area is 147 Å². The third-order valence-corrected chi connectivity index (χ3v) is 4.41. The Morgan fingerprint density at radius 2 is 2.00 bits per heavy atom. The first-order valence-corrected chi connectivity index (χ1v) is 8.18. The monoisotopic (exact) mass is 332 g/mol. The molecule has 1 atom stereocenters. The molecule has 0 aliphatic carbocycles. The van der Waals surface area contributed by atoms with Gasteiger partial charge in [-0.3, -0.25) is 4.68 Å². The van der Waals surface area contributed by atoms with Gasteiger partial charge in [0.2, 0.25) is 0 Å². The Hall–Kier alpha value is -3.13. The summed E-state index contributed by atoms with van der Waals surface area (Å²) in [4.78, 5) is 4.00. The standard InChI is InChI=1S/C20H20N4O/c1-25-19-9-5-6-17(12-19)10-11-20(13-21,14-24-16-22-15-23-24)18-7-3-2-4-8-18/h2-9,12,15-16H,10-11,14H2,1H3. The summed E-state index contributed by atoms with van der Waals surface area (Å²) in [6, 6.07) is 20.4. The van der Waals surface area contributed by atoms with Gasteiger partial charge in [0.25, 0.3) is 0 Å². The minimum absolute atomic E-state index is 0.470. The fourth-order valence-electron chi connectivity index (χ4n) is 3.00. The van der Waals surface area contributed by atoms with E-state index in [9.17, 15) is 5.26 Å². The van der Waals surface area contributed by atoms with Gasteiger partial charge in [0.05, 0.1) is 19.7 Å². The number of aryl methyl sites for hydroxylation is 1. The average Bonchev–Trinajstić information content (AvgIpc) is 3.19.